The number of hydrogen-bond donors (Lipinski definition) is 0. The van der Waals surface area contributed by atoms with E-state index in [4.69, 9.17) is 21.1 Å². The minimum atomic E-state index is -0.0166. The summed E-state index contributed by atoms with van der Waals surface area (Å²) in [6, 6.07) is 14.1. The molecule has 1 heterocycles. The highest BCUT2D eigenvalue weighted by molar-refractivity contribution is 9.08. The van der Waals surface area contributed by atoms with Gasteiger partial charge in [-0.3, -0.25) is 0 Å². The Hall–Kier alpha value is -1.03. The molecule has 0 aromatic heterocycles. The van der Waals surface area contributed by atoms with Crippen LogP contribution in [0.25, 0.3) is 0 Å². The normalized spacial score (nSPS) is 17.3. The zero-order valence-corrected chi connectivity index (χ0v) is 13.9. The van der Waals surface area contributed by atoms with E-state index in [0.29, 0.717) is 17.0 Å². The SMILES string of the molecule is Clc1cccc(OCC2OCCc3ccccc32)c1CBr. The number of halogens is 2. The molecule has 0 spiro atoms. The zero-order valence-electron chi connectivity index (χ0n) is 11.5. The Morgan fingerprint density at radius 2 is 2.05 bits per heavy atom. The molecule has 1 aliphatic rings. The molecule has 0 saturated carbocycles. The van der Waals surface area contributed by atoms with Crippen molar-refractivity contribution < 1.29 is 9.47 Å². The molecule has 2 nitrogen and oxygen atoms in total. The van der Waals surface area contributed by atoms with Crippen LogP contribution in [0.15, 0.2) is 42.5 Å². The van der Waals surface area contributed by atoms with E-state index in [1.54, 1.807) is 0 Å². The van der Waals surface area contributed by atoms with Gasteiger partial charge in [0.2, 0.25) is 0 Å². The first-order valence-electron chi connectivity index (χ1n) is 6.95. The molecule has 0 N–H and O–H groups in total. The Balaban J connectivity index is 1.76. The molecule has 21 heavy (non-hydrogen) atoms. The van der Waals surface area contributed by atoms with E-state index in [2.05, 4.69) is 34.1 Å². The smallest absolute Gasteiger partial charge is 0.124 e. The summed E-state index contributed by atoms with van der Waals surface area (Å²) in [5, 5.41) is 1.39. The fourth-order valence-corrected chi connectivity index (χ4v) is 3.56. The maximum atomic E-state index is 6.19. The van der Waals surface area contributed by atoms with Gasteiger partial charge in [-0.15, -0.1) is 0 Å². The van der Waals surface area contributed by atoms with Crippen molar-refractivity contribution in [3.05, 3.63) is 64.2 Å². The predicted molar refractivity (Wildman–Crippen MR) is 88.4 cm³/mol. The number of rotatable bonds is 4. The van der Waals surface area contributed by atoms with E-state index < -0.39 is 0 Å². The molecule has 0 fully saturated rings. The van der Waals surface area contributed by atoms with E-state index in [-0.39, 0.29) is 6.10 Å². The predicted octanol–water partition coefficient (Wildman–Crippen LogP) is 4.93. The van der Waals surface area contributed by atoms with Crippen molar-refractivity contribution >= 4 is 27.5 Å². The minimum absolute atomic E-state index is 0.0166. The Labute approximate surface area is 138 Å². The van der Waals surface area contributed by atoms with Crippen molar-refractivity contribution in [2.45, 2.75) is 17.9 Å². The second-order valence-corrected chi connectivity index (χ2v) is 5.94. The highest BCUT2D eigenvalue weighted by atomic mass is 79.9. The fraction of sp³-hybridized carbons (Fsp3) is 0.294. The Morgan fingerprint density at radius 1 is 1.19 bits per heavy atom. The highest BCUT2D eigenvalue weighted by Crippen LogP contribution is 2.31. The Kier molecular flexibility index (Phi) is 4.84. The third-order valence-electron chi connectivity index (χ3n) is 3.69. The largest absolute Gasteiger partial charge is 0.490 e. The molecule has 0 radical (unpaired) electrons. The lowest BCUT2D eigenvalue weighted by Crippen LogP contribution is -2.21. The molecule has 1 unspecified atom stereocenters. The van der Waals surface area contributed by atoms with Gasteiger partial charge in [-0.2, -0.15) is 0 Å². The van der Waals surface area contributed by atoms with E-state index in [9.17, 15) is 0 Å². The van der Waals surface area contributed by atoms with Crippen LogP contribution in [0.4, 0.5) is 0 Å². The van der Waals surface area contributed by atoms with Gasteiger partial charge in [0, 0.05) is 15.9 Å². The maximum Gasteiger partial charge on any atom is 0.124 e. The van der Waals surface area contributed by atoms with E-state index in [1.807, 2.05) is 24.3 Å². The molecule has 2 aromatic rings. The summed E-state index contributed by atoms with van der Waals surface area (Å²) in [7, 11) is 0. The van der Waals surface area contributed by atoms with Gasteiger partial charge in [-0.05, 0) is 29.7 Å². The van der Waals surface area contributed by atoms with Crippen LogP contribution < -0.4 is 4.74 Å². The van der Waals surface area contributed by atoms with Crippen molar-refractivity contribution in [3.8, 4) is 5.75 Å². The van der Waals surface area contributed by atoms with Crippen molar-refractivity contribution in [3.63, 3.8) is 0 Å². The van der Waals surface area contributed by atoms with E-state index >= 15 is 0 Å². The summed E-state index contributed by atoms with van der Waals surface area (Å²) in [5.74, 6) is 0.811. The molecular weight excluding hydrogens is 352 g/mol. The summed E-state index contributed by atoms with van der Waals surface area (Å²) < 4.78 is 11.8. The third kappa shape index (κ3) is 3.25. The molecule has 0 bridgehead atoms. The number of fused-ring (bicyclic) bond motifs is 1. The van der Waals surface area contributed by atoms with Crippen LogP contribution in [-0.2, 0) is 16.5 Å². The third-order valence-corrected chi connectivity index (χ3v) is 4.61. The number of ether oxygens (including phenoxy) is 2. The monoisotopic (exact) mass is 366 g/mol. The first kappa shape index (κ1) is 14.9. The average molecular weight is 368 g/mol. The van der Waals surface area contributed by atoms with Crippen LogP contribution in [0, 0.1) is 0 Å². The highest BCUT2D eigenvalue weighted by Gasteiger charge is 2.21. The zero-order chi connectivity index (χ0) is 14.7. The minimum Gasteiger partial charge on any atom is -0.490 e. The second-order valence-electron chi connectivity index (χ2n) is 4.97. The fourth-order valence-electron chi connectivity index (χ4n) is 2.58. The molecule has 3 rings (SSSR count). The van der Waals surface area contributed by atoms with Crippen LogP contribution in [0.1, 0.15) is 22.8 Å². The van der Waals surface area contributed by atoms with Gasteiger partial charge in [0.1, 0.15) is 18.5 Å². The average Bonchev–Trinajstić information content (AvgIpc) is 2.53. The summed E-state index contributed by atoms with van der Waals surface area (Å²) in [5.41, 5.74) is 3.55. The summed E-state index contributed by atoms with van der Waals surface area (Å²) >= 11 is 9.65. The van der Waals surface area contributed by atoms with Crippen LogP contribution in [0.5, 0.6) is 5.75 Å². The first-order chi connectivity index (χ1) is 10.3. The van der Waals surface area contributed by atoms with Crippen molar-refractivity contribution in [1.29, 1.82) is 0 Å². The lowest BCUT2D eigenvalue weighted by atomic mass is 9.98. The number of hydrogen-bond acceptors (Lipinski definition) is 2. The number of benzene rings is 2. The van der Waals surface area contributed by atoms with Crippen molar-refractivity contribution in [1.82, 2.24) is 0 Å². The van der Waals surface area contributed by atoms with Gasteiger partial charge in [0.15, 0.2) is 0 Å². The quantitative estimate of drug-likeness (QED) is 0.714. The Morgan fingerprint density at radius 3 is 2.90 bits per heavy atom. The molecular formula is C17H16BrClO2. The van der Waals surface area contributed by atoms with Gasteiger partial charge in [-0.25, -0.2) is 0 Å². The molecule has 0 amide bonds. The van der Waals surface area contributed by atoms with Gasteiger partial charge < -0.3 is 9.47 Å². The van der Waals surface area contributed by atoms with Gasteiger partial charge >= 0.3 is 0 Å². The second kappa shape index (κ2) is 6.82. The van der Waals surface area contributed by atoms with Gasteiger partial charge in [-0.1, -0.05) is 57.9 Å². The molecule has 0 aliphatic carbocycles. The summed E-state index contributed by atoms with van der Waals surface area (Å²) in [4.78, 5) is 0. The van der Waals surface area contributed by atoms with Gasteiger partial charge in [0.05, 0.1) is 6.61 Å². The molecule has 0 saturated heterocycles. The van der Waals surface area contributed by atoms with E-state index in [1.165, 1.54) is 11.1 Å². The van der Waals surface area contributed by atoms with Crippen LogP contribution in [0.2, 0.25) is 5.02 Å². The standard InChI is InChI=1S/C17H16BrClO2/c18-10-14-15(19)6-3-7-16(14)21-11-17-13-5-2-1-4-12(13)8-9-20-17/h1-7,17H,8-11H2. The van der Waals surface area contributed by atoms with Gasteiger partial charge in [0.25, 0.3) is 0 Å². The van der Waals surface area contributed by atoms with E-state index in [0.717, 1.165) is 24.3 Å². The van der Waals surface area contributed by atoms with Crippen molar-refractivity contribution in [2.24, 2.45) is 0 Å². The van der Waals surface area contributed by atoms with Crippen LogP contribution in [-0.4, -0.2) is 13.2 Å². The summed E-state index contributed by atoms with van der Waals surface area (Å²) in [6.07, 6.45) is 0.952. The molecule has 1 atom stereocenters. The number of alkyl halides is 1. The Bertz CT molecular complexity index is 630. The van der Waals surface area contributed by atoms with Crippen molar-refractivity contribution in [2.75, 3.05) is 13.2 Å². The topological polar surface area (TPSA) is 18.5 Å². The molecule has 110 valence electrons. The lowest BCUT2D eigenvalue weighted by Gasteiger charge is -2.26. The van der Waals surface area contributed by atoms with Crippen LogP contribution in [0.3, 0.4) is 0 Å². The molecule has 1 aliphatic heterocycles. The maximum absolute atomic E-state index is 6.19. The molecule has 2 aromatic carbocycles. The molecule has 4 heteroatoms. The first-order valence-corrected chi connectivity index (χ1v) is 8.45. The van der Waals surface area contributed by atoms with Crippen LogP contribution >= 0.6 is 27.5 Å². The lowest BCUT2D eigenvalue weighted by molar-refractivity contribution is 0.0100. The summed E-state index contributed by atoms with van der Waals surface area (Å²) in [6.45, 7) is 1.24.